The molecule has 24 heavy (non-hydrogen) atoms. The highest BCUT2D eigenvalue weighted by atomic mass is 32.2. The Labute approximate surface area is 136 Å². The molecule has 3 N–H and O–H groups in total. The maximum absolute atomic E-state index is 12.7. The second kappa shape index (κ2) is 6.23. The van der Waals surface area contributed by atoms with Crippen LogP contribution in [0, 0.1) is 0 Å². The van der Waals surface area contributed by atoms with Gasteiger partial charge in [-0.15, -0.1) is 0 Å². The van der Waals surface area contributed by atoms with Crippen molar-refractivity contribution in [1.29, 1.82) is 0 Å². The van der Waals surface area contributed by atoms with Crippen LogP contribution in [-0.4, -0.2) is 29.6 Å². The first-order valence-corrected chi connectivity index (χ1v) is 8.51. The van der Waals surface area contributed by atoms with Gasteiger partial charge in [0.15, 0.2) is 9.84 Å². The van der Waals surface area contributed by atoms with Gasteiger partial charge in [-0.2, -0.15) is 28.1 Å². The molecule has 0 saturated carbocycles. The van der Waals surface area contributed by atoms with E-state index in [1.807, 2.05) is 0 Å². The number of nitrogen functional groups attached to an aromatic ring is 1. The molecule has 130 valence electrons. The number of rotatable bonds is 4. The van der Waals surface area contributed by atoms with E-state index in [1.165, 1.54) is 12.1 Å². The lowest BCUT2D eigenvalue weighted by molar-refractivity contribution is -0.144. The topological polar surface area (TPSA) is 111 Å². The van der Waals surface area contributed by atoms with Gasteiger partial charge in [0.05, 0.1) is 10.9 Å². The van der Waals surface area contributed by atoms with E-state index in [0.717, 1.165) is 6.26 Å². The van der Waals surface area contributed by atoms with Crippen LogP contribution < -0.4 is 11.1 Å². The number of nitrogens with zero attached hydrogens (tertiary/aromatic N) is 3. The van der Waals surface area contributed by atoms with Crippen molar-refractivity contribution in [2.45, 2.75) is 24.0 Å². The van der Waals surface area contributed by atoms with Gasteiger partial charge in [0, 0.05) is 6.26 Å². The third-order valence-corrected chi connectivity index (χ3v) is 4.19. The maximum Gasteiger partial charge on any atom is 0.451 e. The minimum Gasteiger partial charge on any atom is -0.368 e. The molecule has 1 heterocycles. The van der Waals surface area contributed by atoms with Crippen molar-refractivity contribution < 1.29 is 21.6 Å². The third kappa shape index (κ3) is 4.31. The summed E-state index contributed by atoms with van der Waals surface area (Å²) in [6, 6.07) is 5.42. The molecular formula is C13H14F3N5O2S. The molecule has 7 nitrogen and oxygen atoms in total. The second-order valence-corrected chi connectivity index (χ2v) is 7.06. The molecule has 0 bridgehead atoms. The summed E-state index contributed by atoms with van der Waals surface area (Å²) in [7, 11) is -3.33. The molecular weight excluding hydrogens is 347 g/mol. The minimum atomic E-state index is -4.74. The monoisotopic (exact) mass is 361 g/mol. The van der Waals surface area contributed by atoms with Gasteiger partial charge < -0.3 is 11.1 Å². The molecule has 1 atom stereocenters. The number of hydrogen-bond acceptors (Lipinski definition) is 7. The van der Waals surface area contributed by atoms with Crippen LogP contribution in [0.2, 0.25) is 0 Å². The molecule has 0 aliphatic rings. The Morgan fingerprint density at radius 3 is 2.21 bits per heavy atom. The maximum atomic E-state index is 12.7. The first kappa shape index (κ1) is 17.9. The van der Waals surface area contributed by atoms with Crippen molar-refractivity contribution in [3.8, 4) is 0 Å². The van der Waals surface area contributed by atoms with E-state index < -0.39 is 33.8 Å². The first-order valence-electron chi connectivity index (χ1n) is 6.62. The molecule has 1 aromatic heterocycles. The molecule has 0 aliphatic carbocycles. The standard InChI is InChI=1S/C13H14F3N5O2S/c1-7(8-3-5-9(6-4-8)24(2,22)23)18-12-20-10(13(14,15)16)19-11(17)21-12/h3-7H,1-2H3,(H3,17,18,19,20,21). The van der Waals surface area contributed by atoms with Crippen LogP contribution in [0.25, 0.3) is 0 Å². The number of alkyl halides is 3. The molecule has 0 saturated heterocycles. The number of sulfone groups is 1. The van der Waals surface area contributed by atoms with Crippen LogP contribution in [0.3, 0.4) is 0 Å². The summed E-state index contributed by atoms with van der Waals surface area (Å²) in [5, 5.41) is 2.68. The fourth-order valence-electron chi connectivity index (χ4n) is 1.86. The molecule has 0 aliphatic heterocycles. The highest BCUT2D eigenvalue weighted by molar-refractivity contribution is 7.90. The molecule has 2 aromatic rings. The molecule has 2 rings (SSSR count). The van der Waals surface area contributed by atoms with Crippen molar-refractivity contribution >= 4 is 21.7 Å². The van der Waals surface area contributed by atoms with Gasteiger partial charge >= 0.3 is 6.18 Å². The zero-order valence-electron chi connectivity index (χ0n) is 12.7. The molecule has 0 amide bonds. The number of anilines is 2. The number of halogens is 3. The van der Waals surface area contributed by atoms with Crippen LogP contribution in [0.4, 0.5) is 25.1 Å². The van der Waals surface area contributed by atoms with Crippen LogP contribution in [0.5, 0.6) is 0 Å². The fraction of sp³-hybridized carbons (Fsp3) is 0.308. The Morgan fingerprint density at radius 1 is 1.12 bits per heavy atom. The van der Waals surface area contributed by atoms with Crippen LogP contribution in [0.1, 0.15) is 24.4 Å². The lowest BCUT2D eigenvalue weighted by Gasteiger charge is -2.15. The molecule has 0 spiro atoms. The minimum absolute atomic E-state index is 0.141. The van der Waals surface area contributed by atoms with Gasteiger partial charge in [-0.25, -0.2) is 8.42 Å². The van der Waals surface area contributed by atoms with Crippen LogP contribution >= 0.6 is 0 Å². The average molecular weight is 361 g/mol. The molecule has 1 aromatic carbocycles. The number of aromatic nitrogens is 3. The van der Waals surface area contributed by atoms with E-state index in [4.69, 9.17) is 5.73 Å². The molecule has 11 heteroatoms. The third-order valence-electron chi connectivity index (χ3n) is 3.06. The lowest BCUT2D eigenvalue weighted by Crippen LogP contribution is -2.17. The summed E-state index contributed by atoms with van der Waals surface area (Å²) < 4.78 is 60.8. The van der Waals surface area contributed by atoms with Gasteiger partial charge in [0.25, 0.3) is 0 Å². The highest BCUT2D eigenvalue weighted by Gasteiger charge is 2.35. The number of nitrogens with one attached hydrogen (secondary N) is 1. The summed E-state index contributed by atoms with van der Waals surface area (Å²) in [6.07, 6.45) is -3.66. The van der Waals surface area contributed by atoms with Gasteiger partial charge in [0.1, 0.15) is 0 Å². The van der Waals surface area contributed by atoms with Crippen LogP contribution in [0.15, 0.2) is 29.2 Å². The largest absolute Gasteiger partial charge is 0.451 e. The van der Waals surface area contributed by atoms with E-state index >= 15 is 0 Å². The van der Waals surface area contributed by atoms with Crippen molar-refractivity contribution in [3.63, 3.8) is 0 Å². The summed E-state index contributed by atoms with van der Waals surface area (Å²) in [4.78, 5) is 10.1. The first-order chi connectivity index (χ1) is 11.0. The summed E-state index contributed by atoms with van der Waals surface area (Å²) >= 11 is 0. The highest BCUT2D eigenvalue weighted by Crippen LogP contribution is 2.27. The molecule has 1 unspecified atom stereocenters. The Morgan fingerprint density at radius 2 is 1.71 bits per heavy atom. The molecule has 0 fully saturated rings. The van der Waals surface area contributed by atoms with Crippen molar-refractivity contribution in [3.05, 3.63) is 35.7 Å². The van der Waals surface area contributed by atoms with Crippen molar-refractivity contribution in [2.75, 3.05) is 17.3 Å². The van der Waals surface area contributed by atoms with Crippen LogP contribution in [-0.2, 0) is 16.0 Å². The Balaban J connectivity index is 2.23. The number of nitrogens with two attached hydrogens (primary N) is 1. The van der Waals surface area contributed by atoms with Gasteiger partial charge in [-0.3, -0.25) is 0 Å². The molecule has 0 radical (unpaired) electrons. The number of benzene rings is 1. The summed E-state index contributed by atoms with van der Waals surface area (Å²) in [6.45, 7) is 1.66. The fourth-order valence-corrected chi connectivity index (χ4v) is 2.49. The zero-order chi connectivity index (χ0) is 18.1. The smallest absolute Gasteiger partial charge is 0.368 e. The van der Waals surface area contributed by atoms with Gasteiger partial charge in [0.2, 0.25) is 17.7 Å². The SMILES string of the molecule is CC(Nc1nc(N)nc(C(F)(F)F)n1)c1ccc(S(C)(=O)=O)cc1. The van der Waals surface area contributed by atoms with E-state index in [-0.39, 0.29) is 10.8 Å². The van der Waals surface area contributed by atoms with Gasteiger partial charge in [-0.1, -0.05) is 12.1 Å². The van der Waals surface area contributed by atoms with E-state index in [0.29, 0.717) is 5.56 Å². The van der Waals surface area contributed by atoms with Gasteiger partial charge in [-0.05, 0) is 24.6 Å². The normalized spacial score (nSPS) is 13.5. The Bertz CT molecular complexity index is 838. The quantitative estimate of drug-likeness (QED) is 0.857. The second-order valence-electron chi connectivity index (χ2n) is 5.05. The predicted octanol–water partition coefficient (Wildman–Crippen LogP) is 2.05. The van der Waals surface area contributed by atoms with E-state index in [9.17, 15) is 21.6 Å². The van der Waals surface area contributed by atoms with Crippen molar-refractivity contribution in [2.24, 2.45) is 0 Å². The Kier molecular flexibility index (Phi) is 4.65. The Hall–Kier alpha value is -2.43. The summed E-state index contributed by atoms with van der Waals surface area (Å²) in [5.41, 5.74) is 5.90. The predicted molar refractivity (Wildman–Crippen MR) is 80.8 cm³/mol. The average Bonchev–Trinajstić information content (AvgIpc) is 2.45. The number of hydrogen-bond donors (Lipinski definition) is 2. The summed E-state index contributed by atoms with van der Waals surface area (Å²) in [5.74, 6) is -2.27. The zero-order valence-corrected chi connectivity index (χ0v) is 13.5. The lowest BCUT2D eigenvalue weighted by atomic mass is 10.1. The van der Waals surface area contributed by atoms with E-state index in [2.05, 4.69) is 20.3 Å². The van der Waals surface area contributed by atoms with Crippen molar-refractivity contribution in [1.82, 2.24) is 15.0 Å². The van der Waals surface area contributed by atoms with E-state index in [1.54, 1.807) is 19.1 Å².